The second-order valence-corrected chi connectivity index (χ2v) is 4.11. The second-order valence-electron chi connectivity index (χ2n) is 4.11. The minimum atomic E-state index is -0.976. The number of phenols is 1. The number of rotatable bonds is 5. The fourth-order valence-corrected chi connectivity index (χ4v) is 1.60. The van der Waals surface area contributed by atoms with E-state index in [2.05, 4.69) is 10.3 Å². The van der Waals surface area contributed by atoms with Gasteiger partial charge in [0.15, 0.2) is 0 Å². The Kier molecular flexibility index (Phi) is 4.10. The van der Waals surface area contributed by atoms with Gasteiger partial charge in [-0.15, -0.1) is 0 Å². The van der Waals surface area contributed by atoms with E-state index in [1.54, 1.807) is 18.2 Å². The van der Waals surface area contributed by atoms with Crippen LogP contribution in [0.5, 0.6) is 5.75 Å². The van der Waals surface area contributed by atoms with E-state index in [4.69, 9.17) is 10.2 Å². The van der Waals surface area contributed by atoms with E-state index in [-0.39, 0.29) is 11.3 Å². The zero-order valence-corrected chi connectivity index (χ0v) is 10.2. The van der Waals surface area contributed by atoms with Crippen LogP contribution in [0.3, 0.4) is 0 Å². The van der Waals surface area contributed by atoms with Gasteiger partial charge in [-0.3, -0.25) is 4.98 Å². The summed E-state index contributed by atoms with van der Waals surface area (Å²) < 4.78 is 0. The van der Waals surface area contributed by atoms with Crippen LogP contribution in [0, 0.1) is 0 Å². The molecule has 19 heavy (non-hydrogen) atoms. The number of carboxylic acid groups (broad SMARTS) is 1. The molecule has 5 nitrogen and oxygen atoms in total. The van der Waals surface area contributed by atoms with Crippen molar-refractivity contribution >= 4 is 5.97 Å². The van der Waals surface area contributed by atoms with Gasteiger partial charge < -0.3 is 15.5 Å². The predicted octanol–water partition coefficient (Wildman–Crippen LogP) is 1.78. The molecule has 0 aliphatic carbocycles. The van der Waals surface area contributed by atoms with Crippen molar-refractivity contribution < 1.29 is 15.0 Å². The van der Waals surface area contributed by atoms with Gasteiger partial charge >= 0.3 is 5.97 Å². The molecule has 0 radical (unpaired) electrons. The summed E-state index contributed by atoms with van der Waals surface area (Å²) in [6.45, 7) is 1.21. The number of phenolic OH excluding ortho intramolecular Hbond substituents is 1. The van der Waals surface area contributed by atoms with Gasteiger partial charge in [-0.05, 0) is 29.8 Å². The number of pyridine rings is 1. The summed E-state index contributed by atoms with van der Waals surface area (Å²) >= 11 is 0. The van der Waals surface area contributed by atoms with Crippen LogP contribution < -0.4 is 5.32 Å². The topological polar surface area (TPSA) is 82.5 Å². The Morgan fingerprint density at radius 3 is 2.42 bits per heavy atom. The Balaban J connectivity index is 1.85. The van der Waals surface area contributed by atoms with Crippen LogP contribution in [0.25, 0.3) is 0 Å². The molecule has 2 aromatic rings. The highest BCUT2D eigenvalue weighted by Gasteiger charge is 2.02. The lowest BCUT2D eigenvalue weighted by Crippen LogP contribution is -2.13. The molecule has 0 aliphatic heterocycles. The number of nitrogens with zero attached hydrogens (tertiary/aromatic N) is 1. The first-order valence-electron chi connectivity index (χ1n) is 5.82. The first-order chi connectivity index (χ1) is 9.15. The maximum absolute atomic E-state index is 10.7. The molecule has 0 spiro atoms. The van der Waals surface area contributed by atoms with Crippen LogP contribution in [0.4, 0.5) is 0 Å². The summed E-state index contributed by atoms with van der Waals surface area (Å²) in [4.78, 5) is 14.7. The summed E-state index contributed by atoms with van der Waals surface area (Å²) in [6.07, 6.45) is 1.35. The van der Waals surface area contributed by atoms with Gasteiger partial charge in [0.25, 0.3) is 0 Å². The summed E-state index contributed by atoms with van der Waals surface area (Å²) in [7, 11) is 0. The normalized spacial score (nSPS) is 10.3. The Hall–Kier alpha value is -2.40. The smallest absolute Gasteiger partial charge is 0.337 e. The van der Waals surface area contributed by atoms with E-state index in [0.29, 0.717) is 13.1 Å². The lowest BCUT2D eigenvalue weighted by Gasteiger charge is -2.05. The van der Waals surface area contributed by atoms with Gasteiger partial charge in [0.2, 0.25) is 0 Å². The maximum Gasteiger partial charge on any atom is 0.337 e. The third-order valence-corrected chi connectivity index (χ3v) is 2.64. The maximum atomic E-state index is 10.7. The second kappa shape index (κ2) is 5.97. The molecule has 2 rings (SSSR count). The Morgan fingerprint density at radius 2 is 1.84 bits per heavy atom. The van der Waals surface area contributed by atoms with Gasteiger partial charge in [0.05, 0.1) is 11.3 Å². The Morgan fingerprint density at radius 1 is 1.11 bits per heavy atom. The van der Waals surface area contributed by atoms with Gasteiger partial charge in [0, 0.05) is 19.3 Å². The molecule has 98 valence electrons. The monoisotopic (exact) mass is 258 g/mol. The Bertz CT molecular complexity index is 550. The average molecular weight is 258 g/mol. The van der Waals surface area contributed by atoms with Crippen molar-refractivity contribution in [2.45, 2.75) is 13.1 Å². The molecular weight excluding hydrogens is 244 g/mol. The minimum Gasteiger partial charge on any atom is -0.508 e. The van der Waals surface area contributed by atoms with E-state index in [1.807, 2.05) is 12.1 Å². The summed E-state index contributed by atoms with van der Waals surface area (Å²) in [5.74, 6) is -0.731. The molecule has 0 saturated carbocycles. The number of aromatic carboxylic acids is 1. The molecule has 3 N–H and O–H groups in total. The van der Waals surface area contributed by atoms with Gasteiger partial charge in [-0.2, -0.15) is 0 Å². The molecule has 0 unspecified atom stereocenters. The number of hydrogen-bond donors (Lipinski definition) is 3. The minimum absolute atomic E-state index is 0.183. The third-order valence-electron chi connectivity index (χ3n) is 2.64. The molecule has 0 aliphatic rings. The van der Waals surface area contributed by atoms with Crippen LogP contribution in [0.15, 0.2) is 42.6 Å². The van der Waals surface area contributed by atoms with Crippen LogP contribution >= 0.6 is 0 Å². The van der Waals surface area contributed by atoms with Crippen molar-refractivity contribution in [3.8, 4) is 5.75 Å². The summed E-state index contributed by atoms with van der Waals surface area (Å²) in [5.41, 5.74) is 2.02. The summed E-state index contributed by atoms with van der Waals surface area (Å²) in [5, 5.41) is 21.1. The standard InChI is InChI=1S/C14H14N2O3/c17-13-5-1-10(2-6-13)7-15-9-12-4-3-11(8-16-12)14(18)19/h1-6,8,15,17H,7,9H2,(H,18,19). The zero-order valence-electron chi connectivity index (χ0n) is 10.2. The highest BCUT2D eigenvalue weighted by Crippen LogP contribution is 2.09. The quantitative estimate of drug-likeness (QED) is 0.761. The Labute approximate surface area is 110 Å². The molecule has 5 heteroatoms. The SMILES string of the molecule is O=C(O)c1ccc(CNCc2ccc(O)cc2)nc1. The first kappa shape index (κ1) is 13.0. The molecular formula is C14H14N2O3. The highest BCUT2D eigenvalue weighted by atomic mass is 16.4. The van der Waals surface area contributed by atoms with E-state index in [9.17, 15) is 4.79 Å². The fourth-order valence-electron chi connectivity index (χ4n) is 1.60. The molecule has 0 amide bonds. The zero-order chi connectivity index (χ0) is 13.7. The van der Waals surface area contributed by atoms with Gasteiger partial charge in [0.1, 0.15) is 5.75 Å². The summed E-state index contributed by atoms with van der Waals surface area (Å²) in [6, 6.07) is 10.2. The molecule has 0 fully saturated rings. The van der Waals surface area contributed by atoms with Crippen molar-refractivity contribution in [1.29, 1.82) is 0 Å². The van der Waals surface area contributed by atoms with Gasteiger partial charge in [-0.1, -0.05) is 12.1 Å². The number of benzene rings is 1. The van der Waals surface area contributed by atoms with Crippen molar-refractivity contribution in [3.05, 3.63) is 59.4 Å². The highest BCUT2D eigenvalue weighted by molar-refractivity contribution is 5.87. The number of carboxylic acids is 1. The molecule has 0 atom stereocenters. The lowest BCUT2D eigenvalue weighted by molar-refractivity contribution is 0.0696. The van der Waals surface area contributed by atoms with Crippen molar-refractivity contribution in [1.82, 2.24) is 10.3 Å². The van der Waals surface area contributed by atoms with Crippen molar-refractivity contribution in [2.75, 3.05) is 0 Å². The van der Waals surface area contributed by atoms with Crippen LogP contribution in [0.2, 0.25) is 0 Å². The van der Waals surface area contributed by atoms with Crippen LogP contribution in [-0.2, 0) is 13.1 Å². The average Bonchev–Trinajstić information content (AvgIpc) is 2.41. The van der Waals surface area contributed by atoms with Crippen LogP contribution in [0.1, 0.15) is 21.6 Å². The van der Waals surface area contributed by atoms with Gasteiger partial charge in [-0.25, -0.2) is 4.79 Å². The van der Waals surface area contributed by atoms with E-state index >= 15 is 0 Å². The predicted molar refractivity (Wildman–Crippen MR) is 69.8 cm³/mol. The third kappa shape index (κ3) is 3.79. The largest absolute Gasteiger partial charge is 0.508 e. The van der Waals surface area contributed by atoms with Crippen molar-refractivity contribution in [2.24, 2.45) is 0 Å². The van der Waals surface area contributed by atoms with Crippen molar-refractivity contribution in [3.63, 3.8) is 0 Å². The fraction of sp³-hybridized carbons (Fsp3) is 0.143. The molecule has 0 saturated heterocycles. The molecule has 0 bridgehead atoms. The van der Waals surface area contributed by atoms with E-state index in [1.165, 1.54) is 12.3 Å². The number of hydrogen-bond acceptors (Lipinski definition) is 4. The number of aromatic hydroxyl groups is 1. The molecule has 1 aromatic carbocycles. The van der Waals surface area contributed by atoms with E-state index in [0.717, 1.165) is 11.3 Å². The van der Waals surface area contributed by atoms with E-state index < -0.39 is 5.97 Å². The lowest BCUT2D eigenvalue weighted by atomic mass is 10.2. The molecule has 1 aromatic heterocycles. The number of carbonyl (C=O) groups is 1. The number of nitrogens with one attached hydrogen (secondary N) is 1. The molecule has 1 heterocycles. The van der Waals surface area contributed by atoms with Crippen LogP contribution in [-0.4, -0.2) is 21.2 Å². The number of aromatic nitrogens is 1. The first-order valence-corrected chi connectivity index (χ1v) is 5.82.